The lowest BCUT2D eigenvalue weighted by Gasteiger charge is -2.00. The molecule has 0 radical (unpaired) electrons. The van der Waals surface area contributed by atoms with Crippen molar-refractivity contribution in [2.24, 2.45) is 0 Å². The predicted molar refractivity (Wildman–Crippen MR) is 56.8 cm³/mol. The molecule has 0 atom stereocenters. The van der Waals surface area contributed by atoms with Crippen LogP contribution in [0.3, 0.4) is 0 Å². The zero-order valence-electron chi connectivity index (χ0n) is 7.18. The SMILES string of the molecule is Oc1cccc(-c2cnc(Br)nc2)c1. The van der Waals surface area contributed by atoms with Crippen LogP contribution in [0.1, 0.15) is 0 Å². The van der Waals surface area contributed by atoms with E-state index in [0.717, 1.165) is 11.1 Å². The molecule has 0 bridgehead atoms. The van der Waals surface area contributed by atoms with Gasteiger partial charge in [0.15, 0.2) is 4.73 Å². The number of phenols is 1. The summed E-state index contributed by atoms with van der Waals surface area (Å²) in [4.78, 5) is 8.02. The van der Waals surface area contributed by atoms with E-state index in [4.69, 9.17) is 0 Å². The molecule has 1 heterocycles. The third kappa shape index (κ3) is 1.90. The minimum Gasteiger partial charge on any atom is -0.508 e. The van der Waals surface area contributed by atoms with Gasteiger partial charge in [-0.25, -0.2) is 9.97 Å². The van der Waals surface area contributed by atoms with E-state index in [1.54, 1.807) is 30.6 Å². The maximum Gasteiger partial charge on any atom is 0.196 e. The van der Waals surface area contributed by atoms with Gasteiger partial charge < -0.3 is 5.11 Å². The van der Waals surface area contributed by atoms with Crippen molar-refractivity contribution in [3.05, 3.63) is 41.4 Å². The van der Waals surface area contributed by atoms with Gasteiger partial charge in [0.2, 0.25) is 0 Å². The van der Waals surface area contributed by atoms with Crippen molar-refractivity contribution in [1.29, 1.82) is 0 Å². The highest BCUT2D eigenvalue weighted by molar-refractivity contribution is 9.10. The first-order chi connectivity index (χ1) is 6.75. The van der Waals surface area contributed by atoms with Gasteiger partial charge in [-0.3, -0.25) is 0 Å². The third-order valence-electron chi connectivity index (χ3n) is 1.80. The molecule has 0 amide bonds. The average molecular weight is 251 g/mol. The van der Waals surface area contributed by atoms with E-state index in [-0.39, 0.29) is 5.75 Å². The Hall–Kier alpha value is -1.42. The second kappa shape index (κ2) is 3.75. The Morgan fingerprint density at radius 3 is 2.43 bits per heavy atom. The van der Waals surface area contributed by atoms with E-state index >= 15 is 0 Å². The molecule has 0 aliphatic rings. The minimum absolute atomic E-state index is 0.241. The summed E-state index contributed by atoms with van der Waals surface area (Å²) < 4.78 is 0.557. The van der Waals surface area contributed by atoms with Gasteiger partial charge in [0.05, 0.1) is 0 Å². The maximum absolute atomic E-state index is 9.28. The molecular weight excluding hydrogens is 244 g/mol. The molecule has 2 aromatic rings. The molecule has 70 valence electrons. The summed E-state index contributed by atoms with van der Waals surface area (Å²) in [5, 5.41) is 9.28. The van der Waals surface area contributed by atoms with Crippen LogP contribution < -0.4 is 0 Å². The van der Waals surface area contributed by atoms with Crippen LogP contribution in [0.25, 0.3) is 11.1 Å². The molecule has 0 saturated carbocycles. The first kappa shape index (κ1) is 9.15. The largest absolute Gasteiger partial charge is 0.508 e. The molecule has 0 fully saturated rings. The summed E-state index contributed by atoms with van der Waals surface area (Å²) in [5.41, 5.74) is 1.78. The average Bonchev–Trinajstić information content (AvgIpc) is 2.19. The molecule has 1 aromatic heterocycles. The second-order valence-corrected chi connectivity index (χ2v) is 3.50. The number of hydrogen-bond acceptors (Lipinski definition) is 3. The number of halogens is 1. The number of rotatable bonds is 1. The number of aromatic nitrogens is 2. The standard InChI is InChI=1S/C10H7BrN2O/c11-10-12-5-8(6-13-10)7-2-1-3-9(14)4-7/h1-6,14H. The van der Waals surface area contributed by atoms with Gasteiger partial charge in [0, 0.05) is 18.0 Å². The Kier molecular flexibility index (Phi) is 2.45. The summed E-state index contributed by atoms with van der Waals surface area (Å²) in [6.45, 7) is 0. The Morgan fingerprint density at radius 1 is 1.07 bits per heavy atom. The molecule has 14 heavy (non-hydrogen) atoms. The fourth-order valence-electron chi connectivity index (χ4n) is 1.15. The van der Waals surface area contributed by atoms with Crippen LogP contribution in [0, 0.1) is 0 Å². The molecule has 0 aliphatic heterocycles. The molecule has 0 spiro atoms. The quantitative estimate of drug-likeness (QED) is 0.792. The summed E-state index contributed by atoms with van der Waals surface area (Å²) in [7, 11) is 0. The number of hydrogen-bond donors (Lipinski definition) is 1. The lowest BCUT2D eigenvalue weighted by molar-refractivity contribution is 0.475. The fraction of sp³-hybridized carbons (Fsp3) is 0. The van der Waals surface area contributed by atoms with E-state index in [2.05, 4.69) is 25.9 Å². The molecule has 3 nitrogen and oxygen atoms in total. The normalized spacial score (nSPS) is 10.1. The van der Waals surface area contributed by atoms with E-state index in [1.165, 1.54) is 0 Å². The maximum atomic E-state index is 9.28. The molecule has 1 aromatic carbocycles. The van der Waals surface area contributed by atoms with Crippen LogP contribution in [0.2, 0.25) is 0 Å². The van der Waals surface area contributed by atoms with Crippen molar-refractivity contribution < 1.29 is 5.11 Å². The Balaban J connectivity index is 2.44. The van der Waals surface area contributed by atoms with E-state index in [1.807, 2.05) is 6.07 Å². The van der Waals surface area contributed by atoms with Crippen LogP contribution in [0.15, 0.2) is 41.4 Å². The summed E-state index contributed by atoms with van der Waals surface area (Å²) >= 11 is 3.16. The topological polar surface area (TPSA) is 46.0 Å². The van der Waals surface area contributed by atoms with Crippen molar-refractivity contribution in [1.82, 2.24) is 9.97 Å². The Labute approximate surface area is 89.6 Å². The molecule has 0 saturated heterocycles. The highest BCUT2D eigenvalue weighted by Gasteiger charge is 1.99. The highest BCUT2D eigenvalue weighted by Crippen LogP contribution is 2.21. The number of aromatic hydroxyl groups is 1. The number of benzene rings is 1. The van der Waals surface area contributed by atoms with E-state index in [0.29, 0.717) is 4.73 Å². The fourth-order valence-corrected chi connectivity index (χ4v) is 1.35. The number of nitrogens with zero attached hydrogens (tertiary/aromatic N) is 2. The predicted octanol–water partition coefficient (Wildman–Crippen LogP) is 2.61. The van der Waals surface area contributed by atoms with Gasteiger partial charge in [-0.05, 0) is 33.6 Å². The molecular formula is C10H7BrN2O. The second-order valence-electron chi connectivity index (χ2n) is 2.79. The van der Waals surface area contributed by atoms with Crippen molar-refractivity contribution in [2.75, 3.05) is 0 Å². The summed E-state index contributed by atoms with van der Waals surface area (Å²) in [6, 6.07) is 6.98. The van der Waals surface area contributed by atoms with Crippen molar-refractivity contribution in [3.8, 4) is 16.9 Å². The first-order valence-electron chi connectivity index (χ1n) is 4.02. The van der Waals surface area contributed by atoms with Crippen LogP contribution >= 0.6 is 15.9 Å². The molecule has 1 N–H and O–H groups in total. The zero-order chi connectivity index (χ0) is 9.97. The van der Waals surface area contributed by atoms with Crippen molar-refractivity contribution in [3.63, 3.8) is 0 Å². The summed E-state index contributed by atoms with van der Waals surface area (Å²) in [6.07, 6.45) is 3.40. The van der Waals surface area contributed by atoms with Crippen molar-refractivity contribution in [2.45, 2.75) is 0 Å². The lowest BCUT2D eigenvalue weighted by atomic mass is 10.1. The number of phenolic OH excluding ortho intramolecular Hbond substituents is 1. The highest BCUT2D eigenvalue weighted by atomic mass is 79.9. The third-order valence-corrected chi connectivity index (χ3v) is 2.21. The molecule has 0 aliphatic carbocycles. The van der Waals surface area contributed by atoms with Gasteiger partial charge in [-0.15, -0.1) is 0 Å². The monoisotopic (exact) mass is 250 g/mol. The van der Waals surface area contributed by atoms with Crippen LogP contribution in [0.5, 0.6) is 5.75 Å². The minimum atomic E-state index is 0.241. The smallest absolute Gasteiger partial charge is 0.196 e. The van der Waals surface area contributed by atoms with Crippen LogP contribution in [0.4, 0.5) is 0 Å². The molecule has 0 unspecified atom stereocenters. The zero-order valence-corrected chi connectivity index (χ0v) is 8.77. The van der Waals surface area contributed by atoms with Gasteiger partial charge in [-0.1, -0.05) is 12.1 Å². The Bertz CT molecular complexity index is 442. The first-order valence-corrected chi connectivity index (χ1v) is 4.82. The van der Waals surface area contributed by atoms with Gasteiger partial charge >= 0.3 is 0 Å². The molecule has 4 heteroatoms. The van der Waals surface area contributed by atoms with Crippen LogP contribution in [-0.2, 0) is 0 Å². The van der Waals surface area contributed by atoms with Crippen LogP contribution in [-0.4, -0.2) is 15.1 Å². The van der Waals surface area contributed by atoms with Crippen molar-refractivity contribution >= 4 is 15.9 Å². The van der Waals surface area contributed by atoms with Gasteiger partial charge in [0.25, 0.3) is 0 Å². The lowest BCUT2D eigenvalue weighted by Crippen LogP contribution is -1.84. The summed E-state index contributed by atoms with van der Waals surface area (Å²) in [5.74, 6) is 0.241. The Morgan fingerprint density at radius 2 is 1.79 bits per heavy atom. The molecule has 2 rings (SSSR count). The van der Waals surface area contributed by atoms with E-state index < -0.39 is 0 Å². The van der Waals surface area contributed by atoms with Gasteiger partial charge in [-0.2, -0.15) is 0 Å². The van der Waals surface area contributed by atoms with Gasteiger partial charge in [0.1, 0.15) is 5.75 Å². The van der Waals surface area contributed by atoms with E-state index in [9.17, 15) is 5.11 Å².